The number of H-pyrrole nitrogens is 1. The Hall–Kier alpha value is -1.85. The van der Waals surface area contributed by atoms with E-state index in [1.807, 2.05) is 12.3 Å². The first-order valence-electron chi connectivity index (χ1n) is 6.51. The molecule has 3 rings (SSSR count). The maximum absolute atomic E-state index is 11.3. The molecule has 0 spiro atoms. The number of nitrogens with one attached hydrogen (secondary N) is 2. The van der Waals surface area contributed by atoms with Gasteiger partial charge in [0, 0.05) is 49.8 Å². The summed E-state index contributed by atoms with van der Waals surface area (Å²) in [5.74, 6) is -0.869. The van der Waals surface area contributed by atoms with Gasteiger partial charge in [0.25, 0.3) is 0 Å². The molecule has 1 saturated heterocycles. The van der Waals surface area contributed by atoms with E-state index in [9.17, 15) is 9.90 Å². The van der Waals surface area contributed by atoms with E-state index in [2.05, 4.69) is 15.2 Å². The second-order valence-corrected chi connectivity index (χ2v) is 4.87. The fraction of sp³-hybridized carbons (Fsp3) is 0.357. The number of aromatic carboxylic acids is 1. The van der Waals surface area contributed by atoms with Gasteiger partial charge in [-0.3, -0.25) is 4.90 Å². The highest BCUT2D eigenvalue weighted by molar-refractivity contribution is 6.04. The van der Waals surface area contributed by atoms with Crippen LogP contribution in [0.15, 0.2) is 24.4 Å². The second kappa shape index (κ2) is 5.03. The SMILES string of the molecule is O=C(O)c1cccc2[nH]cc(CN3CCNCC3)c12. The first-order valence-corrected chi connectivity index (χ1v) is 6.51. The van der Waals surface area contributed by atoms with Crippen molar-refractivity contribution in [2.75, 3.05) is 26.2 Å². The van der Waals surface area contributed by atoms with E-state index in [1.165, 1.54) is 0 Å². The molecule has 5 nitrogen and oxygen atoms in total. The number of benzene rings is 1. The Morgan fingerprint density at radius 2 is 2.11 bits per heavy atom. The molecule has 0 aliphatic carbocycles. The Labute approximate surface area is 111 Å². The van der Waals surface area contributed by atoms with Crippen LogP contribution in [0, 0.1) is 0 Å². The van der Waals surface area contributed by atoms with Crippen molar-refractivity contribution in [2.24, 2.45) is 0 Å². The Kier molecular flexibility index (Phi) is 3.23. The zero-order chi connectivity index (χ0) is 13.2. The lowest BCUT2D eigenvalue weighted by Crippen LogP contribution is -2.42. The Balaban J connectivity index is 1.96. The number of nitrogens with zero attached hydrogens (tertiary/aromatic N) is 1. The van der Waals surface area contributed by atoms with Crippen molar-refractivity contribution in [3.63, 3.8) is 0 Å². The van der Waals surface area contributed by atoms with Crippen LogP contribution in [0.1, 0.15) is 15.9 Å². The summed E-state index contributed by atoms with van der Waals surface area (Å²) in [4.78, 5) is 16.8. The van der Waals surface area contributed by atoms with E-state index in [4.69, 9.17) is 0 Å². The topological polar surface area (TPSA) is 68.4 Å². The van der Waals surface area contributed by atoms with Gasteiger partial charge in [-0.2, -0.15) is 0 Å². The average Bonchev–Trinajstić information content (AvgIpc) is 2.83. The fourth-order valence-electron chi connectivity index (χ4n) is 2.67. The molecule has 0 bridgehead atoms. The third kappa shape index (κ3) is 2.34. The minimum atomic E-state index is -0.869. The molecule has 1 fully saturated rings. The van der Waals surface area contributed by atoms with E-state index in [1.54, 1.807) is 12.1 Å². The minimum absolute atomic E-state index is 0.379. The van der Waals surface area contributed by atoms with Crippen LogP contribution < -0.4 is 5.32 Å². The standard InChI is InChI=1S/C14H17N3O2/c18-14(19)11-2-1-3-12-13(11)10(8-16-12)9-17-6-4-15-5-7-17/h1-3,8,15-16H,4-7,9H2,(H,18,19). The first-order chi connectivity index (χ1) is 9.25. The smallest absolute Gasteiger partial charge is 0.336 e. The molecular formula is C14H17N3O2. The molecule has 100 valence electrons. The van der Waals surface area contributed by atoms with Crippen molar-refractivity contribution in [1.29, 1.82) is 0 Å². The fourth-order valence-corrected chi connectivity index (χ4v) is 2.67. The summed E-state index contributed by atoms with van der Waals surface area (Å²) in [6, 6.07) is 5.36. The monoisotopic (exact) mass is 259 g/mol. The van der Waals surface area contributed by atoms with E-state index >= 15 is 0 Å². The predicted molar refractivity (Wildman–Crippen MR) is 73.4 cm³/mol. The molecule has 0 saturated carbocycles. The van der Waals surface area contributed by atoms with Crippen molar-refractivity contribution < 1.29 is 9.90 Å². The first kappa shape index (κ1) is 12.2. The van der Waals surface area contributed by atoms with Gasteiger partial charge in [-0.05, 0) is 17.7 Å². The largest absolute Gasteiger partial charge is 0.478 e. The Bertz CT molecular complexity index is 600. The van der Waals surface area contributed by atoms with Crippen LogP contribution in [0.5, 0.6) is 0 Å². The zero-order valence-corrected chi connectivity index (χ0v) is 10.6. The number of carboxylic acid groups (broad SMARTS) is 1. The molecule has 1 aromatic heterocycles. The number of aromatic nitrogens is 1. The molecule has 3 N–H and O–H groups in total. The number of rotatable bonds is 3. The van der Waals surface area contributed by atoms with Crippen LogP contribution >= 0.6 is 0 Å². The zero-order valence-electron chi connectivity index (χ0n) is 10.6. The van der Waals surface area contributed by atoms with Crippen LogP contribution in [-0.2, 0) is 6.54 Å². The van der Waals surface area contributed by atoms with Gasteiger partial charge >= 0.3 is 5.97 Å². The van der Waals surface area contributed by atoms with E-state index < -0.39 is 5.97 Å². The molecule has 0 unspecified atom stereocenters. The van der Waals surface area contributed by atoms with Crippen molar-refractivity contribution in [1.82, 2.24) is 15.2 Å². The molecule has 0 atom stereocenters. The average molecular weight is 259 g/mol. The van der Waals surface area contributed by atoms with Crippen molar-refractivity contribution in [2.45, 2.75) is 6.54 Å². The third-order valence-corrected chi connectivity index (χ3v) is 3.62. The van der Waals surface area contributed by atoms with Crippen LogP contribution in [0.3, 0.4) is 0 Å². The highest BCUT2D eigenvalue weighted by Crippen LogP contribution is 2.24. The lowest BCUT2D eigenvalue weighted by atomic mass is 10.1. The summed E-state index contributed by atoms with van der Waals surface area (Å²) >= 11 is 0. The van der Waals surface area contributed by atoms with Gasteiger partial charge in [0.1, 0.15) is 0 Å². The quantitative estimate of drug-likeness (QED) is 0.776. The van der Waals surface area contributed by atoms with E-state index in [-0.39, 0.29) is 0 Å². The normalized spacial score (nSPS) is 16.8. The molecular weight excluding hydrogens is 242 g/mol. The molecule has 19 heavy (non-hydrogen) atoms. The van der Waals surface area contributed by atoms with Crippen LogP contribution in [-0.4, -0.2) is 47.1 Å². The number of aromatic amines is 1. The third-order valence-electron chi connectivity index (χ3n) is 3.62. The maximum Gasteiger partial charge on any atom is 0.336 e. The number of hydrogen-bond acceptors (Lipinski definition) is 3. The molecule has 1 aliphatic heterocycles. The summed E-state index contributed by atoms with van der Waals surface area (Å²) in [5.41, 5.74) is 2.34. The second-order valence-electron chi connectivity index (χ2n) is 4.87. The van der Waals surface area contributed by atoms with Gasteiger partial charge in [-0.25, -0.2) is 4.79 Å². The molecule has 2 heterocycles. The van der Waals surface area contributed by atoms with Crippen LogP contribution in [0.4, 0.5) is 0 Å². The molecule has 1 aliphatic rings. The van der Waals surface area contributed by atoms with Gasteiger partial charge in [-0.1, -0.05) is 6.07 Å². The molecule has 2 aromatic rings. The van der Waals surface area contributed by atoms with Crippen LogP contribution in [0.2, 0.25) is 0 Å². The highest BCUT2D eigenvalue weighted by atomic mass is 16.4. The van der Waals surface area contributed by atoms with Gasteiger partial charge < -0.3 is 15.4 Å². The van der Waals surface area contributed by atoms with Gasteiger partial charge in [0.2, 0.25) is 0 Å². The molecule has 1 aromatic carbocycles. The predicted octanol–water partition coefficient (Wildman–Crippen LogP) is 1.27. The van der Waals surface area contributed by atoms with Crippen LogP contribution in [0.25, 0.3) is 10.9 Å². The van der Waals surface area contributed by atoms with Crippen molar-refractivity contribution >= 4 is 16.9 Å². The number of carbonyl (C=O) groups is 1. The number of piperazine rings is 1. The van der Waals surface area contributed by atoms with Gasteiger partial charge in [0.05, 0.1) is 5.56 Å². The van der Waals surface area contributed by atoms with E-state index in [0.29, 0.717) is 5.56 Å². The molecule has 5 heteroatoms. The number of fused-ring (bicyclic) bond motifs is 1. The maximum atomic E-state index is 11.3. The summed E-state index contributed by atoms with van der Waals surface area (Å²) in [6.45, 7) is 4.79. The summed E-state index contributed by atoms with van der Waals surface area (Å²) in [7, 11) is 0. The lowest BCUT2D eigenvalue weighted by molar-refractivity contribution is 0.0699. The van der Waals surface area contributed by atoms with Crippen molar-refractivity contribution in [3.8, 4) is 0 Å². The van der Waals surface area contributed by atoms with Crippen molar-refractivity contribution in [3.05, 3.63) is 35.5 Å². The lowest BCUT2D eigenvalue weighted by Gasteiger charge is -2.27. The molecule has 0 amide bonds. The molecule has 0 radical (unpaired) electrons. The van der Waals surface area contributed by atoms with Gasteiger partial charge in [-0.15, -0.1) is 0 Å². The summed E-state index contributed by atoms with van der Waals surface area (Å²) in [6.07, 6.45) is 1.93. The summed E-state index contributed by atoms with van der Waals surface area (Å²) < 4.78 is 0. The van der Waals surface area contributed by atoms with Gasteiger partial charge in [0.15, 0.2) is 0 Å². The number of hydrogen-bond donors (Lipinski definition) is 3. The highest BCUT2D eigenvalue weighted by Gasteiger charge is 2.16. The minimum Gasteiger partial charge on any atom is -0.478 e. The number of carboxylic acids is 1. The Morgan fingerprint density at radius 3 is 2.84 bits per heavy atom. The van der Waals surface area contributed by atoms with E-state index in [0.717, 1.165) is 49.2 Å². The summed E-state index contributed by atoms with van der Waals surface area (Å²) in [5, 5.41) is 13.5. The Morgan fingerprint density at radius 1 is 1.32 bits per heavy atom.